The summed E-state index contributed by atoms with van der Waals surface area (Å²) in [5, 5.41) is 7.48. The van der Waals surface area contributed by atoms with E-state index in [9.17, 15) is 9.59 Å². The fourth-order valence-electron chi connectivity index (χ4n) is 3.55. The summed E-state index contributed by atoms with van der Waals surface area (Å²) < 4.78 is 7.22. The van der Waals surface area contributed by atoms with Crippen molar-refractivity contribution in [3.05, 3.63) is 94.3 Å². The van der Waals surface area contributed by atoms with Gasteiger partial charge in [0.15, 0.2) is 6.10 Å². The predicted molar refractivity (Wildman–Crippen MR) is 130 cm³/mol. The first-order chi connectivity index (χ1) is 15.7. The van der Waals surface area contributed by atoms with Crippen LogP contribution in [0.3, 0.4) is 0 Å². The summed E-state index contributed by atoms with van der Waals surface area (Å²) in [6.45, 7) is 10.0. The Hall–Kier alpha value is -3.67. The van der Waals surface area contributed by atoms with Crippen LogP contribution in [0.5, 0.6) is 0 Å². The van der Waals surface area contributed by atoms with Gasteiger partial charge in [0.25, 0.3) is 5.91 Å². The molecule has 0 spiro atoms. The number of nitrogens with zero attached hydrogens (tertiary/aromatic N) is 2. The molecule has 1 N–H and O–H groups in total. The Labute approximate surface area is 195 Å². The lowest BCUT2D eigenvalue weighted by Gasteiger charge is -2.17. The summed E-state index contributed by atoms with van der Waals surface area (Å²) in [5.41, 5.74) is 6.01. The fraction of sp³-hybridized carbons (Fsp3) is 0.296. The average molecular weight is 446 g/mol. The van der Waals surface area contributed by atoms with Crippen LogP contribution in [0.25, 0.3) is 6.08 Å². The highest BCUT2D eigenvalue weighted by Gasteiger charge is 2.19. The highest BCUT2D eigenvalue weighted by atomic mass is 16.5. The van der Waals surface area contributed by atoms with Crippen molar-refractivity contribution in [2.75, 3.05) is 0 Å². The first kappa shape index (κ1) is 24.0. The molecule has 172 valence electrons. The number of carbonyl (C=O) groups is 2. The Balaban J connectivity index is 1.59. The van der Waals surface area contributed by atoms with Crippen molar-refractivity contribution in [3.8, 4) is 0 Å². The van der Waals surface area contributed by atoms with Crippen molar-refractivity contribution < 1.29 is 14.3 Å². The first-order valence-electron chi connectivity index (χ1n) is 11.1. The SMILES string of the molecule is Cc1ccc(Cn2nc(C)c(/C=C/C(=O)O[C@H](C)C(=O)N[C@H](C)c3ccccc3)c2C)cc1. The highest BCUT2D eigenvalue weighted by Crippen LogP contribution is 2.17. The molecule has 2 atom stereocenters. The summed E-state index contributed by atoms with van der Waals surface area (Å²) in [7, 11) is 0. The smallest absolute Gasteiger partial charge is 0.331 e. The van der Waals surface area contributed by atoms with Crippen LogP contribution < -0.4 is 5.32 Å². The van der Waals surface area contributed by atoms with E-state index in [-0.39, 0.29) is 11.9 Å². The van der Waals surface area contributed by atoms with Crippen LogP contribution in [0.4, 0.5) is 0 Å². The van der Waals surface area contributed by atoms with Gasteiger partial charge in [-0.25, -0.2) is 4.79 Å². The summed E-state index contributed by atoms with van der Waals surface area (Å²) in [5.74, 6) is -0.915. The third-order valence-corrected chi connectivity index (χ3v) is 5.60. The molecule has 0 aliphatic carbocycles. The Morgan fingerprint density at radius 1 is 1.03 bits per heavy atom. The van der Waals surface area contributed by atoms with Gasteiger partial charge in [-0.1, -0.05) is 60.2 Å². The number of nitrogens with one attached hydrogen (secondary N) is 1. The van der Waals surface area contributed by atoms with Crippen molar-refractivity contribution in [1.29, 1.82) is 0 Å². The van der Waals surface area contributed by atoms with E-state index in [0.29, 0.717) is 6.54 Å². The molecule has 0 unspecified atom stereocenters. The van der Waals surface area contributed by atoms with Gasteiger partial charge in [0.05, 0.1) is 18.3 Å². The minimum atomic E-state index is -0.903. The summed E-state index contributed by atoms with van der Waals surface area (Å²) >= 11 is 0. The van der Waals surface area contributed by atoms with Gasteiger partial charge >= 0.3 is 5.97 Å². The van der Waals surface area contributed by atoms with E-state index >= 15 is 0 Å². The second-order valence-corrected chi connectivity index (χ2v) is 8.28. The molecular weight excluding hydrogens is 414 g/mol. The molecule has 1 heterocycles. The maximum absolute atomic E-state index is 12.4. The lowest BCUT2D eigenvalue weighted by atomic mass is 10.1. The molecule has 3 aromatic rings. The van der Waals surface area contributed by atoms with Crippen LogP contribution in [-0.4, -0.2) is 27.8 Å². The second kappa shape index (κ2) is 10.8. The van der Waals surface area contributed by atoms with E-state index in [2.05, 4.69) is 41.6 Å². The number of carbonyl (C=O) groups excluding carboxylic acids is 2. The summed E-state index contributed by atoms with van der Waals surface area (Å²) in [6.07, 6.45) is 2.14. The molecule has 6 heteroatoms. The number of benzene rings is 2. The zero-order chi connectivity index (χ0) is 24.0. The van der Waals surface area contributed by atoms with Gasteiger partial charge in [0, 0.05) is 17.3 Å². The number of hydrogen-bond donors (Lipinski definition) is 1. The van der Waals surface area contributed by atoms with Gasteiger partial charge in [-0.2, -0.15) is 5.10 Å². The third kappa shape index (κ3) is 6.42. The van der Waals surface area contributed by atoms with Crippen molar-refractivity contribution in [2.24, 2.45) is 0 Å². The molecule has 2 aromatic carbocycles. The molecule has 0 saturated heterocycles. The summed E-state index contributed by atoms with van der Waals surface area (Å²) in [6, 6.07) is 17.8. The predicted octanol–water partition coefficient (Wildman–Crippen LogP) is 4.68. The number of hydrogen-bond acceptors (Lipinski definition) is 4. The minimum absolute atomic E-state index is 0.180. The molecule has 0 aliphatic rings. The maximum Gasteiger partial charge on any atom is 0.331 e. The van der Waals surface area contributed by atoms with Crippen LogP contribution in [0.2, 0.25) is 0 Å². The van der Waals surface area contributed by atoms with Gasteiger partial charge in [0.1, 0.15) is 0 Å². The number of aromatic nitrogens is 2. The van der Waals surface area contributed by atoms with E-state index in [1.165, 1.54) is 11.6 Å². The Kier molecular flexibility index (Phi) is 7.83. The van der Waals surface area contributed by atoms with Gasteiger partial charge < -0.3 is 10.1 Å². The summed E-state index contributed by atoms with van der Waals surface area (Å²) in [4.78, 5) is 24.7. The van der Waals surface area contributed by atoms with Crippen LogP contribution in [0.15, 0.2) is 60.7 Å². The zero-order valence-corrected chi connectivity index (χ0v) is 19.8. The van der Waals surface area contributed by atoms with Crippen molar-refractivity contribution in [1.82, 2.24) is 15.1 Å². The molecule has 0 bridgehead atoms. The molecule has 33 heavy (non-hydrogen) atoms. The van der Waals surface area contributed by atoms with Crippen LogP contribution in [0, 0.1) is 20.8 Å². The molecule has 3 rings (SSSR count). The standard InChI is InChI=1S/C27H31N3O3/c1-18-11-13-23(14-12-18)17-30-21(4)25(20(3)29-30)15-16-26(31)33-22(5)27(32)28-19(2)24-9-7-6-8-10-24/h6-16,19,22H,17H2,1-5H3,(H,28,32)/b16-15+/t19-,22-/m1/s1. The van der Waals surface area contributed by atoms with Crippen molar-refractivity contribution in [2.45, 2.75) is 53.3 Å². The van der Waals surface area contributed by atoms with Gasteiger partial charge in [-0.15, -0.1) is 0 Å². The van der Waals surface area contributed by atoms with Crippen LogP contribution in [-0.2, 0) is 20.9 Å². The van der Waals surface area contributed by atoms with Crippen molar-refractivity contribution >= 4 is 18.0 Å². The quantitative estimate of drug-likeness (QED) is 0.404. The fourth-order valence-corrected chi connectivity index (χ4v) is 3.55. The zero-order valence-electron chi connectivity index (χ0n) is 19.8. The number of ether oxygens (including phenoxy) is 1. The Morgan fingerprint density at radius 3 is 2.36 bits per heavy atom. The van der Waals surface area contributed by atoms with Crippen molar-refractivity contribution in [3.63, 3.8) is 0 Å². The highest BCUT2D eigenvalue weighted by molar-refractivity contribution is 5.90. The van der Waals surface area contributed by atoms with E-state index in [1.807, 2.05) is 55.8 Å². The van der Waals surface area contributed by atoms with Crippen LogP contribution in [0.1, 0.15) is 53.5 Å². The minimum Gasteiger partial charge on any atom is -0.449 e. The average Bonchev–Trinajstić information content (AvgIpc) is 3.06. The lowest BCUT2D eigenvalue weighted by Crippen LogP contribution is -2.37. The number of aryl methyl sites for hydroxylation is 2. The molecule has 0 radical (unpaired) electrons. The van der Waals surface area contributed by atoms with Gasteiger partial charge in [0.2, 0.25) is 0 Å². The molecule has 0 saturated carbocycles. The first-order valence-corrected chi connectivity index (χ1v) is 11.1. The number of amides is 1. The monoisotopic (exact) mass is 445 g/mol. The molecule has 0 fully saturated rings. The normalized spacial score (nSPS) is 13.0. The Bertz CT molecular complexity index is 1130. The third-order valence-electron chi connectivity index (χ3n) is 5.60. The molecule has 1 aromatic heterocycles. The topological polar surface area (TPSA) is 73.2 Å². The second-order valence-electron chi connectivity index (χ2n) is 8.28. The van der Waals surface area contributed by atoms with Gasteiger partial charge in [-0.3, -0.25) is 9.48 Å². The van der Waals surface area contributed by atoms with E-state index < -0.39 is 12.1 Å². The van der Waals surface area contributed by atoms with E-state index in [4.69, 9.17) is 4.74 Å². The lowest BCUT2D eigenvalue weighted by molar-refractivity contribution is -0.150. The largest absolute Gasteiger partial charge is 0.449 e. The van der Waals surface area contributed by atoms with Gasteiger partial charge in [-0.05, 0) is 51.8 Å². The molecule has 1 amide bonds. The molecule has 6 nitrogen and oxygen atoms in total. The maximum atomic E-state index is 12.4. The van der Waals surface area contributed by atoms with Crippen LogP contribution >= 0.6 is 0 Å². The van der Waals surface area contributed by atoms with E-state index in [0.717, 1.165) is 28.1 Å². The van der Waals surface area contributed by atoms with E-state index in [1.54, 1.807) is 13.0 Å². The molecular formula is C27H31N3O3. The Morgan fingerprint density at radius 2 is 1.70 bits per heavy atom. The molecule has 0 aliphatic heterocycles. The number of rotatable bonds is 8. The number of esters is 1.